The Morgan fingerprint density at radius 1 is 0.806 bits per heavy atom. The van der Waals surface area contributed by atoms with Crippen LogP contribution in [-0.2, 0) is 11.3 Å². The molecule has 6 heteroatoms. The number of amides is 1. The van der Waals surface area contributed by atoms with Crippen LogP contribution in [0.25, 0.3) is 22.3 Å². The molecule has 5 nitrogen and oxygen atoms in total. The third-order valence-corrected chi connectivity index (χ3v) is 6.34. The van der Waals surface area contributed by atoms with E-state index in [1.54, 1.807) is 0 Å². The highest BCUT2D eigenvalue weighted by Crippen LogP contribution is 2.30. The predicted molar refractivity (Wildman–Crippen MR) is 150 cm³/mol. The second-order valence-corrected chi connectivity index (χ2v) is 9.39. The van der Waals surface area contributed by atoms with Gasteiger partial charge in [0.2, 0.25) is 5.91 Å². The summed E-state index contributed by atoms with van der Waals surface area (Å²) in [5.41, 5.74) is 3.73. The van der Waals surface area contributed by atoms with Crippen LogP contribution in [0.4, 0.5) is 11.5 Å². The largest absolute Gasteiger partial charge is 0.351 e. The molecule has 0 radical (unpaired) electrons. The van der Waals surface area contributed by atoms with E-state index in [0.29, 0.717) is 25.3 Å². The number of hydrogen-bond acceptors (Lipinski definition) is 4. The normalized spacial score (nSPS) is 10.8. The zero-order chi connectivity index (χ0) is 24.7. The van der Waals surface area contributed by atoms with Crippen molar-refractivity contribution in [3.63, 3.8) is 0 Å². The average Bonchev–Trinajstić information content (AvgIpc) is 2.91. The molecule has 1 N–H and O–H groups in total. The third kappa shape index (κ3) is 5.78. The molecular formula is C30H25BrN4O. The van der Waals surface area contributed by atoms with Crippen LogP contribution in [0.3, 0.4) is 0 Å². The molecule has 4 aromatic carbocycles. The van der Waals surface area contributed by atoms with Gasteiger partial charge in [-0.05, 0) is 42.0 Å². The molecule has 1 aromatic heterocycles. The summed E-state index contributed by atoms with van der Waals surface area (Å²) in [6, 6.07) is 35.8. The first-order valence-corrected chi connectivity index (χ1v) is 12.6. The fraction of sp³-hybridized carbons (Fsp3) is 0.100. The molecule has 0 saturated carbocycles. The highest BCUT2D eigenvalue weighted by atomic mass is 79.9. The molecule has 0 spiro atoms. The highest BCUT2D eigenvalue weighted by molar-refractivity contribution is 9.10. The molecular weight excluding hydrogens is 512 g/mol. The van der Waals surface area contributed by atoms with E-state index in [4.69, 9.17) is 9.97 Å². The lowest BCUT2D eigenvalue weighted by molar-refractivity contribution is -0.116. The molecule has 1 heterocycles. The van der Waals surface area contributed by atoms with Crippen molar-refractivity contribution in [2.45, 2.75) is 13.0 Å². The van der Waals surface area contributed by atoms with E-state index in [1.165, 1.54) is 0 Å². The van der Waals surface area contributed by atoms with Gasteiger partial charge in [-0.2, -0.15) is 0 Å². The summed E-state index contributed by atoms with van der Waals surface area (Å²) in [6.07, 6.45) is 0.326. The van der Waals surface area contributed by atoms with Crippen molar-refractivity contribution in [3.8, 4) is 11.4 Å². The maximum Gasteiger partial charge on any atom is 0.226 e. The number of para-hydroxylation sites is 2. The SMILES string of the molecule is O=C(CCN(Cc1ccccc1)c1nc(-c2cccc(Br)c2)nc2ccccc12)Nc1ccccc1. The Bertz CT molecular complexity index is 1470. The number of aromatic nitrogens is 2. The molecule has 36 heavy (non-hydrogen) atoms. The zero-order valence-corrected chi connectivity index (χ0v) is 21.2. The van der Waals surface area contributed by atoms with Crippen LogP contribution in [0.1, 0.15) is 12.0 Å². The van der Waals surface area contributed by atoms with Crippen LogP contribution in [0.5, 0.6) is 0 Å². The second kappa shape index (κ2) is 11.1. The molecule has 0 aliphatic rings. The minimum Gasteiger partial charge on any atom is -0.351 e. The molecule has 0 aliphatic carbocycles. The first kappa shape index (κ1) is 23.7. The van der Waals surface area contributed by atoms with Gasteiger partial charge in [0.25, 0.3) is 0 Å². The van der Waals surface area contributed by atoms with Crippen LogP contribution < -0.4 is 10.2 Å². The van der Waals surface area contributed by atoms with E-state index >= 15 is 0 Å². The Balaban J connectivity index is 1.51. The van der Waals surface area contributed by atoms with E-state index < -0.39 is 0 Å². The number of nitrogens with zero attached hydrogens (tertiary/aromatic N) is 3. The first-order valence-electron chi connectivity index (χ1n) is 11.8. The summed E-state index contributed by atoms with van der Waals surface area (Å²) in [5, 5.41) is 3.94. The molecule has 0 unspecified atom stereocenters. The third-order valence-electron chi connectivity index (χ3n) is 5.85. The lowest BCUT2D eigenvalue weighted by Crippen LogP contribution is -2.28. The van der Waals surface area contributed by atoms with Gasteiger partial charge in [-0.15, -0.1) is 0 Å². The van der Waals surface area contributed by atoms with Crippen LogP contribution in [-0.4, -0.2) is 22.4 Å². The number of rotatable bonds is 8. The average molecular weight is 537 g/mol. The van der Waals surface area contributed by atoms with Crippen LogP contribution in [0.2, 0.25) is 0 Å². The Labute approximate surface area is 219 Å². The van der Waals surface area contributed by atoms with Crippen LogP contribution in [0.15, 0.2) is 114 Å². The lowest BCUT2D eigenvalue weighted by atomic mass is 10.1. The number of carbonyl (C=O) groups is 1. The van der Waals surface area contributed by atoms with Crippen molar-refractivity contribution in [2.75, 3.05) is 16.8 Å². The minimum atomic E-state index is -0.0372. The summed E-state index contributed by atoms with van der Waals surface area (Å²) in [6.45, 7) is 1.13. The standard InChI is InChI=1S/C30H25BrN4O/c31-24-13-9-12-23(20-24)29-33-27-17-8-7-16-26(27)30(34-29)35(21-22-10-3-1-4-11-22)19-18-28(36)32-25-14-5-2-6-15-25/h1-17,20H,18-19,21H2,(H,32,36). The van der Waals surface area contributed by atoms with Gasteiger partial charge in [0.15, 0.2) is 5.82 Å². The van der Waals surface area contributed by atoms with Gasteiger partial charge < -0.3 is 10.2 Å². The van der Waals surface area contributed by atoms with Gasteiger partial charge in [-0.1, -0.05) is 88.7 Å². The maximum atomic E-state index is 12.8. The Morgan fingerprint density at radius 2 is 1.53 bits per heavy atom. The summed E-state index contributed by atoms with van der Waals surface area (Å²) >= 11 is 3.56. The number of halogens is 1. The molecule has 5 rings (SSSR count). The smallest absolute Gasteiger partial charge is 0.226 e. The summed E-state index contributed by atoms with van der Waals surface area (Å²) < 4.78 is 0.969. The number of nitrogens with one attached hydrogen (secondary N) is 1. The summed E-state index contributed by atoms with van der Waals surface area (Å²) in [5.74, 6) is 1.42. The number of carbonyl (C=O) groups excluding carboxylic acids is 1. The van der Waals surface area contributed by atoms with Crippen molar-refractivity contribution < 1.29 is 4.79 Å². The molecule has 0 fully saturated rings. The Hall–Kier alpha value is -4.03. The van der Waals surface area contributed by atoms with E-state index in [-0.39, 0.29) is 5.91 Å². The monoisotopic (exact) mass is 536 g/mol. The number of fused-ring (bicyclic) bond motifs is 1. The van der Waals surface area contributed by atoms with E-state index in [1.807, 2.05) is 97.1 Å². The molecule has 5 aromatic rings. The van der Waals surface area contributed by atoms with Gasteiger partial charge in [-0.25, -0.2) is 9.97 Å². The van der Waals surface area contributed by atoms with E-state index in [9.17, 15) is 4.79 Å². The van der Waals surface area contributed by atoms with Crippen molar-refractivity contribution in [1.82, 2.24) is 9.97 Å². The van der Waals surface area contributed by atoms with Crippen LogP contribution in [0, 0.1) is 0 Å². The number of anilines is 2. The lowest BCUT2D eigenvalue weighted by Gasteiger charge is -2.25. The van der Waals surface area contributed by atoms with Gasteiger partial charge >= 0.3 is 0 Å². The fourth-order valence-electron chi connectivity index (χ4n) is 4.10. The quantitative estimate of drug-likeness (QED) is 0.230. The molecule has 0 atom stereocenters. The van der Waals surface area contributed by atoms with Crippen molar-refractivity contribution in [1.29, 1.82) is 0 Å². The molecule has 1 amide bonds. The van der Waals surface area contributed by atoms with Crippen molar-refractivity contribution in [2.24, 2.45) is 0 Å². The zero-order valence-electron chi connectivity index (χ0n) is 19.6. The molecule has 178 valence electrons. The Kier molecular flexibility index (Phi) is 7.33. The van der Waals surface area contributed by atoms with E-state index in [0.717, 1.165) is 38.0 Å². The minimum absolute atomic E-state index is 0.0372. The summed E-state index contributed by atoms with van der Waals surface area (Å²) in [4.78, 5) is 24.9. The molecule has 0 saturated heterocycles. The van der Waals surface area contributed by atoms with Crippen molar-refractivity contribution in [3.05, 3.63) is 119 Å². The van der Waals surface area contributed by atoms with Gasteiger partial charge in [0.1, 0.15) is 5.82 Å². The second-order valence-electron chi connectivity index (χ2n) is 8.47. The fourth-order valence-corrected chi connectivity index (χ4v) is 4.50. The van der Waals surface area contributed by atoms with Gasteiger partial charge in [0.05, 0.1) is 5.52 Å². The van der Waals surface area contributed by atoms with Gasteiger partial charge in [-0.3, -0.25) is 4.79 Å². The molecule has 0 bridgehead atoms. The van der Waals surface area contributed by atoms with Crippen molar-refractivity contribution >= 4 is 44.2 Å². The Morgan fingerprint density at radius 3 is 2.31 bits per heavy atom. The molecule has 0 aliphatic heterocycles. The van der Waals surface area contributed by atoms with E-state index in [2.05, 4.69) is 38.3 Å². The number of benzene rings is 4. The maximum absolute atomic E-state index is 12.8. The van der Waals surface area contributed by atoms with Gasteiger partial charge in [0, 0.05) is 40.6 Å². The van der Waals surface area contributed by atoms with Crippen LogP contribution >= 0.6 is 15.9 Å². The topological polar surface area (TPSA) is 58.1 Å². The first-order chi connectivity index (χ1) is 17.7. The predicted octanol–water partition coefficient (Wildman–Crippen LogP) is 7.09. The number of hydrogen-bond donors (Lipinski definition) is 1. The highest BCUT2D eigenvalue weighted by Gasteiger charge is 2.17. The summed E-state index contributed by atoms with van der Waals surface area (Å²) in [7, 11) is 0.